The Morgan fingerprint density at radius 3 is 2.76 bits per heavy atom. The number of nitrogens with zero attached hydrogens (tertiary/aromatic N) is 4. The fourth-order valence-electron chi connectivity index (χ4n) is 4.85. The highest BCUT2D eigenvalue weighted by Crippen LogP contribution is 2.29. The van der Waals surface area contributed by atoms with Gasteiger partial charge >= 0.3 is 0 Å². The van der Waals surface area contributed by atoms with E-state index in [9.17, 15) is 19.2 Å². The molecule has 3 aliphatic heterocycles. The number of rotatable bonds is 4. The smallest absolute Gasteiger partial charge is 0.257 e. The number of hydrogen-bond acceptors (Lipinski definition) is 7. The zero-order valence-electron chi connectivity index (χ0n) is 18.6. The number of imidazole rings is 1. The lowest BCUT2D eigenvalue weighted by Gasteiger charge is -2.43. The van der Waals surface area contributed by atoms with E-state index in [1.165, 1.54) is 16.0 Å². The maximum absolute atomic E-state index is 12.9. The molecule has 5 rings (SSSR count). The summed E-state index contributed by atoms with van der Waals surface area (Å²) in [6, 6.07) is 6.39. The topological polar surface area (TPSA) is 114 Å². The molecule has 3 atom stereocenters. The van der Waals surface area contributed by atoms with E-state index in [1.54, 1.807) is 0 Å². The third-order valence-electron chi connectivity index (χ3n) is 6.35. The first kappa shape index (κ1) is 21.3. The number of ether oxygens (including phenoxy) is 1. The first-order chi connectivity index (χ1) is 15.8. The Balaban J connectivity index is 1.38. The maximum Gasteiger partial charge on any atom is 0.257 e. The maximum atomic E-state index is 12.9. The van der Waals surface area contributed by atoms with Gasteiger partial charge in [-0.15, -0.1) is 0 Å². The minimum absolute atomic E-state index is 0.0872. The molecule has 0 aliphatic carbocycles. The Kier molecular flexibility index (Phi) is 5.04. The number of ketones is 2. The summed E-state index contributed by atoms with van der Waals surface area (Å²) in [6.45, 7) is 6.56. The standard InChI is InChI=1S/C23H25N5O5/c1-12(2)27-16-7-5-4-6-15(16)25-17(27)8-24-22(31)14-9-26-10-18-28(13(3)11-33-18)23(32)19(26)21(30)20(14)29/h4-7,9,12-13,18-19H,8,10-11H2,1-3H3,(H,24,31)/t13-,18+,19?/m0/s1. The summed E-state index contributed by atoms with van der Waals surface area (Å²) in [5, 5.41) is 2.72. The van der Waals surface area contributed by atoms with E-state index in [4.69, 9.17) is 4.74 Å². The highest BCUT2D eigenvalue weighted by atomic mass is 16.5. The van der Waals surface area contributed by atoms with E-state index in [0.29, 0.717) is 12.4 Å². The second-order valence-corrected chi connectivity index (χ2v) is 8.88. The molecule has 1 N–H and O–H groups in total. The molecule has 0 bridgehead atoms. The number of fused-ring (bicyclic) bond motifs is 3. The normalized spacial score (nSPS) is 24.9. The van der Waals surface area contributed by atoms with Crippen molar-refractivity contribution in [1.82, 2.24) is 24.7 Å². The van der Waals surface area contributed by atoms with E-state index in [-0.39, 0.29) is 30.7 Å². The van der Waals surface area contributed by atoms with Gasteiger partial charge in [0.1, 0.15) is 17.6 Å². The predicted octanol–water partition coefficient (Wildman–Crippen LogP) is 0.527. The average molecular weight is 451 g/mol. The Morgan fingerprint density at radius 1 is 1.24 bits per heavy atom. The number of piperazine rings is 1. The molecule has 2 saturated heterocycles. The van der Waals surface area contributed by atoms with Crippen LogP contribution >= 0.6 is 0 Å². The molecule has 1 aromatic carbocycles. The molecule has 1 aromatic heterocycles. The van der Waals surface area contributed by atoms with Gasteiger partial charge in [0.15, 0.2) is 6.04 Å². The van der Waals surface area contributed by atoms with E-state index < -0.39 is 35.7 Å². The fraction of sp³-hybridized carbons (Fsp3) is 0.435. The second-order valence-electron chi connectivity index (χ2n) is 8.88. The van der Waals surface area contributed by atoms with Gasteiger partial charge in [-0.3, -0.25) is 19.2 Å². The molecule has 2 fully saturated rings. The van der Waals surface area contributed by atoms with Crippen molar-refractivity contribution in [1.29, 1.82) is 0 Å². The van der Waals surface area contributed by atoms with Crippen LogP contribution in [0.1, 0.15) is 32.6 Å². The van der Waals surface area contributed by atoms with Gasteiger partial charge in [0.05, 0.1) is 36.8 Å². The number of amides is 2. The second kappa shape index (κ2) is 7.80. The molecule has 33 heavy (non-hydrogen) atoms. The van der Waals surface area contributed by atoms with Gasteiger partial charge in [0.2, 0.25) is 11.6 Å². The third kappa shape index (κ3) is 3.32. The lowest BCUT2D eigenvalue weighted by molar-refractivity contribution is -0.159. The number of nitrogens with one attached hydrogen (secondary N) is 1. The van der Waals surface area contributed by atoms with Gasteiger partial charge in [0, 0.05) is 12.2 Å². The van der Waals surface area contributed by atoms with Crippen LogP contribution in [0.4, 0.5) is 0 Å². The Morgan fingerprint density at radius 2 is 2.00 bits per heavy atom. The number of carbonyl (C=O) groups is 4. The number of Topliss-reactive ketones (excluding diaryl/α,β-unsaturated/α-hetero) is 2. The zero-order valence-corrected chi connectivity index (χ0v) is 18.6. The summed E-state index contributed by atoms with van der Waals surface area (Å²) in [6.07, 6.45) is 0.813. The molecule has 10 nitrogen and oxygen atoms in total. The van der Waals surface area contributed by atoms with Crippen LogP contribution < -0.4 is 5.32 Å². The first-order valence-corrected chi connectivity index (χ1v) is 11.0. The van der Waals surface area contributed by atoms with Gasteiger partial charge in [-0.1, -0.05) is 12.1 Å². The van der Waals surface area contributed by atoms with Crippen LogP contribution in [-0.4, -0.2) is 74.2 Å². The molecule has 172 valence electrons. The molecule has 2 amide bonds. The summed E-state index contributed by atoms with van der Waals surface area (Å²) in [5.74, 6) is -2.34. The largest absolute Gasteiger partial charge is 0.354 e. The van der Waals surface area contributed by atoms with Crippen LogP contribution in [0.25, 0.3) is 11.0 Å². The molecule has 10 heteroatoms. The van der Waals surface area contributed by atoms with Gasteiger partial charge in [0.25, 0.3) is 11.8 Å². The van der Waals surface area contributed by atoms with Gasteiger partial charge in [-0.05, 0) is 32.9 Å². The Bertz CT molecular complexity index is 1220. The summed E-state index contributed by atoms with van der Waals surface area (Å²) < 4.78 is 7.66. The highest BCUT2D eigenvalue weighted by molar-refractivity contribution is 6.53. The molecule has 2 aromatic rings. The van der Waals surface area contributed by atoms with Crippen molar-refractivity contribution in [2.45, 2.75) is 51.7 Å². The summed E-state index contributed by atoms with van der Waals surface area (Å²) in [5.41, 5.74) is 1.48. The third-order valence-corrected chi connectivity index (χ3v) is 6.35. The van der Waals surface area contributed by atoms with Crippen LogP contribution in [0, 0.1) is 0 Å². The van der Waals surface area contributed by atoms with E-state index >= 15 is 0 Å². The van der Waals surface area contributed by atoms with Crippen molar-refractivity contribution in [3.63, 3.8) is 0 Å². The van der Waals surface area contributed by atoms with Crippen LogP contribution in [0.15, 0.2) is 36.0 Å². The number of hydrogen-bond donors (Lipinski definition) is 1. The Labute approximate surface area is 190 Å². The molecule has 3 aliphatic rings. The molecule has 1 unspecified atom stereocenters. The van der Waals surface area contributed by atoms with Crippen LogP contribution in [-0.2, 0) is 30.5 Å². The molecule has 0 saturated carbocycles. The van der Waals surface area contributed by atoms with Crippen molar-refractivity contribution >= 4 is 34.4 Å². The van der Waals surface area contributed by atoms with E-state index in [2.05, 4.69) is 10.3 Å². The summed E-state index contributed by atoms with van der Waals surface area (Å²) >= 11 is 0. The number of aromatic nitrogens is 2. The molecule has 4 heterocycles. The van der Waals surface area contributed by atoms with Gasteiger partial charge < -0.3 is 24.4 Å². The predicted molar refractivity (Wildman–Crippen MR) is 117 cm³/mol. The minimum Gasteiger partial charge on any atom is -0.354 e. The van der Waals surface area contributed by atoms with Crippen LogP contribution in [0.5, 0.6) is 0 Å². The van der Waals surface area contributed by atoms with E-state index in [1.807, 2.05) is 49.6 Å². The average Bonchev–Trinajstić information content (AvgIpc) is 3.34. The zero-order chi connectivity index (χ0) is 23.4. The van der Waals surface area contributed by atoms with Crippen LogP contribution in [0.3, 0.4) is 0 Å². The van der Waals surface area contributed by atoms with E-state index in [0.717, 1.165) is 11.0 Å². The molecule has 0 spiro atoms. The minimum atomic E-state index is -1.24. The summed E-state index contributed by atoms with van der Waals surface area (Å²) in [4.78, 5) is 58.9. The first-order valence-electron chi connectivity index (χ1n) is 11.0. The monoisotopic (exact) mass is 451 g/mol. The van der Waals surface area contributed by atoms with Crippen molar-refractivity contribution in [3.8, 4) is 0 Å². The molecule has 0 radical (unpaired) electrons. The molecular formula is C23H25N5O5. The fourth-order valence-corrected chi connectivity index (χ4v) is 4.85. The Hall–Kier alpha value is -3.53. The van der Waals surface area contributed by atoms with Gasteiger partial charge in [-0.25, -0.2) is 4.98 Å². The van der Waals surface area contributed by atoms with Crippen LogP contribution in [0.2, 0.25) is 0 Å². The van der Waals surface area contributed by atoms with Crippen molar-refractivity contribution < 1.29 is 23.9 Å². The lowest BCUT2D eigenvalue weighted by Crippen LogP contribution is -2.65. The number of para-hydroxylation sites is 2. The lowest BCUT2D eigenvalue weighted by atomic mass is 9.93. The molecular weight excluding hydrogens is 426 g/mol. The van der Waals surface area contributed by atoms with Crippen molar-refractivity contribution in [2.75, 3.05) is 13.2 Å². The summed E-state index contributed by atoms with van der Waals surface area (Å²) in [7, 11) is 0. The SMILES string of the molecule is CC(C)n1c(CNC(=O)C2=CN3C[C@H]4OC[C@H](C)N4C(=O)C3C(=O)C2=O)nc2ccccc21. The van der Waals surface area contributed by atoms with Crippen molar-refractivity contribution in [3.05, 3.63) is 41.9 Å². The number of benzene rings is 1. The number of carbonyl (C=O) groups excluding carboxylic acids is 4. The van der Waals surface area contributed by atoms with Gasteiger partial charge in [-0.2, -0.15) is 0 Å². The quantitative estimate of drug-likeness (QED) is 0.410. The van der Waals surface area contributed by atoms with Crippen molar-refractivity contribution in [2.24, 2.45) is 0 Å². The highest BCUT2D eigenvalue weighted by Gasteiger charge is 2.52.